The van der Waals surface area contributed by atoms with Gasteiger partial charge in [-0.15, -0.1) is 0 Å². The second-order valence-corrected chi connectivity index (χ2v) is 12.9. The van der Waals surface area contributed by atoms with Gasteiger partial charge in [0.15, 0.2) is 0 Å². The lowest BCUT2D eigenvalue weighted by Gasteiger charge is -2.16. The maximum absolute atomic E-state index is 5.96. The van der Waals surface area contributed by atoms with E-state index in [1.807, 2.05) is 12.1 Å². The van der Waals surface area contributed by atoms with Crippen LogP contribution in [0.25, 0.3) is 11.0 Å². The molecule has 2 rings (SSSR count). The van der Waals surface area contributed by atoms with Crippen molar-refractivity contribution >= 4 is 53.3 Å². The molecule has 3 nitrogen and oxygen atoms in total. The van der Waals surface area contributed by atoms with Gasteiger partial charge in [-0.1, -0.05) is 31.2 Å². The van der Waals surface area contributed by atoms with E-state index in [0.717, 1.165) is 21.3 Å². The van der Waals surface area contributed by atoms with E-state index in [-0.39, 0.29) is 0 Å². The predicted octanol–water partition coefficient (Wildman–Crippen LogP) is 4.61. The molecule has 2 aromatic rings. The fourth-order valence-corrected chi connectivity index (χ4v) is 3.33. The van der Waals surface area contributed by atoms with E-state index in [2.05, 4.69) is 57.8 Å². The van der Waals surface area contributed by atoms with E-state index in [1.54, 1.807) is 0 Å². The summed E-state index contributed by atoms with van der Waals surface area (Å²) in [5.74, 6) is 0. The van der Waals surface area contributed by atoms with Crippen LogP contribution in [-0.4, -0.2) is 24.2 Å². The molecule has 2 aromatic heterocycles. The van der Waals surface area contributed by atoms with E-state index in [0.29, 0.717) is 11.9 Å². The number of ether oxygens (including phenoxy) is 1. The molecule has 0 amide bonds. The van der Waals surface area contributed by atoms with E-state index in [1.165, 1.54) is 6.04 Å². The topological polar surface area (TPSA) is 27.1 Å². The fourth-order valence-electron chi connectivity index (χ4n) is 1.73. The summed E-state index contributed by atoms with van der Waals surface area (Å²) in [5.41, 5.74) is 0.893. The molecule has 104 valence electrons. The molecule has 0 saturated heterocycles. The predicted molar refractivity (Wildman–Crippen MR) is 91.6 cm³/mol. The molecule has 0 atom stereocenters. The Kier molecular flexibility index (Phi) is 4.92. The summed E-state index contributed by atoms with van der Waals surface area (Å²) in [6.45, 7) is 8.41. The summed E-state index contributed by atoms with van der Waals surface area (Å²) in [6, 6.07) is 7.08. The van der Waals surface area contributed by atoms with Gasteiger partial charge in [-0.05, 0) is 46.8 Å². The van der Waals surface area contributed by atoms with Crippen LogP contribution in [0, 0.1) is 3.70 Å². The zero-order valence-corrected chi connectivity index (χ0v) is 15.3. The summed E-state index contributed by atoms with van der Waals surface area (Å²) in [5, 5.41) is 1.62. The van der Waals surface area contributed by atoms with Crippen LogP contribution < -0.4 is 0 Å². The monoisotopic (exact) mass is 408 g/mol. The third-order valence-electron chi connectivity index (χ3n) is 2.88. The number of halogens is 2. The average molecular weight is 409 g/mol. The molecule has 6 heteroatoms. The number of aromatic nitrogens is 2. The third kappa shape index (κ3) is 4.17. The molecule has 0 aliphatic carbocycles. The Morgan fingerprint density at radius 3 is 2.79 bits per heavy atom. The normalized spacial score (nSPS) is 12.3. The molecule has 0 aromatic carbocycles. The van der Waals surface area contributed by atoms with Crippen molar-refractivity contribution < 1.29 is 4.74 Å². The molecule has 0 aliphatic heterocycles. The van der Waals surface area contributed by atoms with Crippen molar-refractivity contribution in [3.8, 4) is 0 Å². The highest BCUT2D eigenvalue weighted by Crippen LogP contribution is 2.22. The van der Waals surface area contributed by atoms with Gasteiger partial charge in [-0.2, -0.15) is 0 Å². The van der Waals surface area contributed by atoms with Crippen LogP contribution in [0.2, 0.25) is 30.8 Å². The van der Waals surface area contributed by atoms with Gasteiger partial charge in [-0.25, -0.2) is 4.98 Å². The first kappa shape index (κ1) is 15.3. The van der Waals surface area contributed by atoms with Gasteiger partial charge in [0.05, 0.1) is 3.70 Å². The molecular formula is C13H18ClIN2OSi. The van der Waals surface area contributed by atoms with Gasteiger partial charge in [0.25, 0.3) is 0 Å². The van der Waals surface area contributed by atoms with Gasteiger partial charge < -0.3 is 4.74 Å². The minimum Gasteiger partial charge on any atom is -0.361 e. The van der Waals surface area contributed by atoms with E-state index < -0.39 is 8.07 Å². The summed E-state index contributed by atoms with van der Waals surface area (Å²) < 4.78 is 8.97. The van der Waals surface area contributed by atoms with Crippen LogP contribution in [0.15, 0.2) is 18.2 Å². The molecule has 0 N–H and O–H groups in total. The van der Waals surface area contributed by atoms with Crippen LogP contribution in [-0.2, 0) is 11.5 Å². The van der Waals surface area contributed by atoms with Crippen LogP contribution in [0.3, 0.4) is 0 Å². The minimum atomic E-state index is -1.03. The zero-order chi connectivity index (χ0) is 14.0. The average Bonchev–Trinajstić information content (AvgIpc) is 2.59. The molecule has 0 spiro atoms. The smallest absolute Gasteiger partial charge is 0.144 e. The maximum Gasteiger partial charge on any atom is 0.144 e. The number of nitrogens with zero attached hydrogens (tertiary/aromatic N) is 2. The van der Waals surface area contributed by atoms with Gasteiger partial charge in [0, 0.05) is 20.1 Å². The van der Waals surface area contributed by atoms with Crippen LogP contribution >= 0.6 is 34.2 Å². The first-order chi connectivity index (χ1) is 8.87. The van der Waals surface area contributed by atoms with Gasteiger partial charge in [-0.3, -0.25) is 4.57 Å². The number of hydrogen-bond acceptors (Lipinski definition) is 2. The van der Waals surface area contributed by atoms with Crippen LogP contribution in [0.4, 0.5) is 0 Å². The zero-order valence-electron chi connectivity index (χ0n) is 11.4. The molecule has 0 radical (unpaired) electrons. The highest BCUT2D eigenvalue weighted by molar-refractivity contribution is 14.1. The Balaban J connectivity index is 2.08. The molecular weight excluding hydrogens is 391 g/mol. The van der Waals surface area contributed by atoms with Crippen molar-refractivity contribution in [2.45, 2.75) is 32.4 Å². The third-order valence-corrected chi connectivity index (χ3v) is 5.68. The van der Waals surface area contributed by atoms with Crippen molar-refractivity contribution in [1.82, 2.24) is 9.55 Å². The second kappa shape index (κ2) is 6.11. The lowest BCUT2D eigenvalue weighted by atomic mass is 10.3. The Morgan fingerprint density at radius 1 is 1.37 bits per heavy atom. The summed E-state index contributed by atoms with van der Waals surface area (Å²) >= 11 is 8.26. The first-order valence-corrected chi connectivity index (χ1v) is 11.4. The number of hydrogen-bond donors (Lipinski definition) is 0. The summed E-state index contributed by atoms with van der Waals surface area (Å²) in [4.78, 5) is 4.38. The summed E-state index contributed by atoms with van der Waals surface area (Å²) in [7, 11) is -1.03. The largest absolute Gasteiger partial charge is 0.361 e. The molecule has 2 heterocycles. The second-order valence-electron chi connectivity index (χ2n) is 5.79. The molecule has 0 saturated carbocycles. The molecule has 0 aliphatic rings. The van der Waals surface area contributed by atoms with Crippen molar-refractivity contribution in [2.75, 3.05) is 6.61 Å². The highest BCUT2D eigenvalue weighted by Gasteiger charge is 2.13. The van der Waals surface area contributed by atoms with E-state index in [4.69, 9.17) is 16.3 Å². The molecule has 0 bridgehead atoms. The lowest BCUT2D eigenvalue weighted by molar-refractivity contribution is 0.0883. The Bertz CT molecular complexity index is 580. The molecule has 0 fully saturated rings. The van der Waals surface area contributed by atoms with Crippen molar-refractivity contribution in [2.24, 2.45) is 0 Å². The molecule has 19 heavy (non-hydrogen) atoms. The number of fused-ring (bicyclic) bond motifs is 1. The van der Waals surface area contributed by atoms with Crippen molar-refractivity contribution in [3.63, 3.8) is 0 Å². The van der Waals surface area contributed by atoms with Gasteiger partial charge in [0.1, 0.15) is 17.5 Å². The minimum absolute atomic E-state index is 0.519. The van der Waals surface area contributed by atoms with Crippen molar-refractivity contribution in [1.29, 1.82) is 0 Å². The lowest BCUT2D eigenvalue weighted by Crippen LogP contribution is -2.22. The molecule has 0 unspecified atom stereocenters. The quantitative estimate of drug-likeness (QED) is 0.313. The van der Waals surface area contributed by atoms with E-state index >= 15 is 0 Å². The van der Waals surface area contributed by atoms with Gasteiger partial charge in [0.2, 0.25) is 0 Å². The van der Waals surface area contributed by atoms with Gasteiger partial charge >= 0.3 is 0 Å². The van der Waals surface area contributed by atoms with Crippen LogP contribution in [0.5, 0.6) is 0 Å². The van der Waals surface area contributed by atoms with Crippen LogP contribution in [0.1, 0.15) is 0 Å². The Morgan fingerprint density at radius 2 is 2.11 bits per heavy atom. The standard InChI is InChI=1S/C13H18ClIN2OSi/c1-19(2,3)7-6-18-9-17-12(15)8-10-4-5-11(14)16-13(10)17/h4-5,8H,6-7,9H2,1-3H3. The highest BCUT2D eigenvalue weighted by atomic mass is 127. The van der Waals surface area contributed by atoms with E-state index in [9.17, 15) is 0 Å². The number of pyridine rings is 1. The van der Waals surface area contributed by atoms with Crippen molar-refractivity contribution in [3.05, 3.63) is 27.1 Å². The summed E-state index contributed by atoms with van der Waals surface area (Å²) in [6.07, 6.45) is 0. The first-order valence-electron chi connectivity index (χ1n) is 6.26. The fraction of sp³-hybridized carbons (Fsp3) is 0.462. The Hall–Kier alpha value is -0.113. The Labute approximate surface area is 133 Å². The SMILES string of the molecule is C[Si](C)(C)CCOCn1c(I)cc2ccc(Cl)nc21. The number of rotatable bonds is 5. The maximum atomic E-state index is 5.96.